The van der Waals surface area contributed by atoms with Gasteiger partial charge in [0.05, 0.1) is 7.11 Å². The lowest BCUT2D eigenvalue weighted by atomic mass is 10.0. The van der Waals surface area contributed by atoms with Gasteiger partial charge in [-0.25, -0.2) is 4.79 Å². The zero-order valence-corrected chi connectivity index (χ0v) is 9.93. The van der Waals surface area contributed by atoms with Crippen molar-refractivity contribution in [3.63, 3.8) is 0 Å². The van der Waals surface area contributed by atoms with E-state index in [1.807, 2.05) is 0 Å². The second-order valence-electron chi connectivity index (χ2n) is 3.21. The molecule has 0 aliphatic heterocycles. The van der Waals surface area contributed by atoms with Crippen LogP contribution in [0.5, 0.6) is 0 Å². The molecule has 0 atom stereocenters. The molecule has 0 bridgehead atoms. The smallest absolute Gasteiger partial charge is 0.375 e. The first-order valence-corrected chi connectivity index (χ1v) is 4.91. The molecular weight excluding hydrogens is 224 g/mol. The summed E-state index contributed by atoms with van der Waals surface area (Å²) in [5, 5.41) is 0. The van der Waals surface area contributed by atoms with E-state index in [2.05, 4.69) is 4.74 Å². The summed E-state index contributed by atoms with van der Waals surface area (Å²) in [6, 6.07) is 8.26. The summed E-state index contributed by atoms with van der Waals surface area (Å²) >= 11 is 0. The molecule has 17 heavy (non-hydrogen) atoms. The molecule has 1 aromatic carbocycles. The van der Waals surface area contributed by atoms with E-state index in [1.165, 1.54) is 14.2 Å². The van der Waals surface area contributed by atoms with Gasteiger partial charge in [0.2, 0.25) is 5.78 Å². The van der Waals surface area contributed by atoms with Crippen molar-refractivity contribution < 1.29 is 23.8 Å². The average molecular weight is 238 g/mol. The molecule has 0 amide bonds. The van der Waals surface area contributed by atoms with Gasteiger partial charge in [-0.15, -0.1) is 0 Å². The van der Waals surface area contributed by atoms with E-state index in [4.69, 9.17) is 9.47 Å². The lowest BCUT2D eigenvalue weighted by Crippen LogP contribution is -2.50. The number of rotatable bonds is 5. The van der Waals surface area contributed by atoms with Crippen LogP contribution >= 0.6 is 0 Å². The van der Waals surface area contributed by atoms with Gasteiger partial charge in [0.15, 0.2) is 0 Å². The van der Waals surface area contributed by atoms with Crippen molar-refractivity contribution in [1.29, 1.82) is 0 Å². The third-order valence-electron chi connectivity index (χ3n) is 2.36. The first kappa shape index (κ1) is 13.3. The monoisotopic (exact) mass is 238 g/mol. The van der Waals surface area contributed by atoms with Crippen molar-refractivity contribution in [2.24, 2.45) is 0 Å². The van der Waals surface area contributed by atoms with Crippen molar-refractivity contribution in [2.75, 3.05) is 21.3 Å². The Morgan fingerprint density at radius 2 is 1.53 bits per heavy atom. The number of methoxy groups -OCH3 is 3. The summed E-state index contributed by atoms with van der Waals surface area (Å²) in [6.07, 6.45) is 0. The van der Waals surface area contributed by atoms with Gasteiger partial charge in [0.1, 0.15) is 0 Å². The van der Waals surface area contributed by atoms with Crippen molar-refractivity contribution in [3.8, 4) is 0 Å². The number of Topliss-reactive ketones (excluding diaryl/α,β-unsaturated/α-hetero) is 1. The molecule has 5 heteroatoms. The molecule has 1 rings (SSSR count). The molecule has 1 aromatic rings. The maximum atomic E-state index is 12.2. The fraction of sp³-hybridized carbons (Fsp3) is 0.333. The van der Waals surface area contributed by atoms with Gasteiger partial charge in [-0.3, -0.25) is 4.79 Å². The summed E-state index contributed by atoms with van der Waals surface area (Å²) in [5.74, 6) is -3.54. The summed E-state index contributed by atoms with van der Waals surface area (Å²) in [7, 11) is 3.58. The van der Waals surface area contributed by atoms with Crippen LogP contribution in [-0.4, -0.2) is 38.9 Å². The topological polar surface area (TPSA) is 61.8 Å². The maximum Gasteiger partial charge on any atom is 0.375 e. The minimum absolute atomic E-state index is 0.307. The molecular formula is C12H14O5. The third kappa shape index (κ3) is 2.35. The van der Waals surface area contributed by atoms with Crippen LogP contribution in [0.15, 0.2) is 30.3 Å². The summed E-state index contributed by atoms with van der Waals surface area (Å²) in [6.45, 7) is 0. The van der Waals surface area contributed by atoms with Crippen LogP contribution in [0.2, 0.25) is 0 Å². The number of carbonyl (C=O) groups is 2. The molecule has 0 fully saturated rings. The first-order valence-electron chi connectivity index (χ1n) is 4.91. The van der Waals surface area contributed by atoms with Gasteiger partial charge in [0.25, 0.3) is 0 Å². The highest BCUT2D eigenvalue weighted by Gasteiger charge is 2.48. The van der Waals surface area contributed by atoms with Gasteiger partial charge in [-0.05, 0) is 0 Å². The van der Waals surface area contributed by atoms with E-state index in [0.717, 1.165) is 7.11 Å². The number of benzene rings is 1. The van der Waals surface area contributed by atoms with Crippen molar-refractivity contribution in [3.05, 3.63) is 35.9 Å². The molecule has 0 aliphatic carbocycles. The maximum absolute atomic E-state index is 12.2. The number of ether oxygens (including phenoxy) is 3. The first-order chi connectivity index (χ1) is 8.12. The quantitative estimate of drug-likeness (QED) is 0.332. The fourth-order valence-corrected chi connectivity index (χ4v) is 1.44. The molecule has 0 saturated heterocycles. The Balaban J connectivity index is 3.16. The summed E-state index contributed by atoms with van der Waals surface area (Å²) in [4.78, 5) is 23.8. The molecule has 0 N–H and O–H groups in total. The van der Waals surface area contributed by atoms with E-state index in [1.54, 1.807) is 30.3 Å². The van der Waals surface area contributed by atoms with Crippen LogP contribution in [0.1, 0.15) is 10.4 Å². The zero-order chi connectivity index (χ0) is 12.9. The zero-order valence-electron chi connectivity index (χ0n) is 9.93. The second kappa shape index (κ2) is 5.56. The van der Waals surface area contributed by atoms with Crippen LogP contribution < -0.4 is 0 Å². The van der Waals surface area contributed by atoms with Crippen molar-refractivity contribution >= 4 is 11.8 Å². The predicted molar refractivity (Wildman–Crippen MR) is 59.5 cm³/mol. The Bertz CT molecular complexity index is 395. The number of hydrogen-bond donors (Lipinski definition) is 0. The molecule has 0 saturated carbocycles. The number of esters is 1. The molecule has 0 radical (unpaired) electrons. The molecule has 0 aromatic heterocycles. The Hall–Kier alpha value is -1.72. The second-order valence-corrected chi connectivity index (χ2v) is 3.21. The van der Waals surface area contributed by atoms with E-state index in [-0.39, 0.29) is 0 Å². The fourth-order valence-electron chi connectivity index (χ4n) is 1.44. The Kier molecular flexibility index (Phi) is 4.37. The SMILES string of the molecule is COC(=O)C(OC)(OC)C(=O)c1ccccc1. The number of carbonyl (C=O) groups excluding carboxylic acids is 2. The Labute approximate surface area is 99.3 Å². The molecule has 0 aliphatic rings. The largest absolute Gasteiger partial charge is 0.465 e. The summed E-state index contributed by atoms with van der Waals surface area (Å²) in [5.41, 5.74) is 0.307. The van der Waals surface area contributed by atoms with E-state index >= 15 is 0 Å². The highest BCUT2D eigenvalue weighted by atomic mass is 16.7. The van der Waals surface area contributed by atoms with Crippen LogP contribution in [-0.2, 0) is 19.0 Å². The van der Waals surface area contributed by atoms with E-state index in [0.29, 0.717) is 5.56 Å². The average Bonchev–Trinajstić information content (AvgIpc) is 2.41. The number of ketones is 1. The minimum atomic E-state index is -2.05. The number of hydrogen-bond acceptors (Lipinski definition) is 5. The van der Waals surface area contributed by atoms with E-state index < -0.39 is 17.5 Å². The van der Waals surface area contributed by atoms with Crippen molar-refractivity contribution in [2.45, 2.75) is 5.79 Å². The van der Waals surface area contributed by atoms with Crippen LogP contribution in [0.25, 0.3) is 0 Å². The van der Waals surface area contributed by atoms with E-state index in [9.17, 15) is 9.59 Å². The van der Waals surface area contributed by atoms with Gasteiger partial charge in [-0.1, -0.05) is 30.3 Å². The Morgan fingerprint density at radius 3 is 1.94 bits per heavy atom. The summed E-state index contributed by atoms with van der Waals surface area (Å²) < 4.78 is 14.3. The molecule has 5 nitrogen and oxygen atoms in total. The van der Waals surface area contributed by atoms with Gasteiger partial charge in [0, 0.05) is 19.8 Å². The highest BCUT2D eigenvalue weighted by Crippen LogP contribution is 2.20. The molecule has 0 heterocycles. The lowest BCUT2D eigenvalue weighted by Gasteiger charge is -2.25. The van der Waals surface area contributed by atoms with Crippen molar-refractivity contribution in [1.82, 2.24) is 0 Å². The van der Waals surface area contributed by atoms with Gasteiger partial charge in [-0.2, -0.15) is 0 Å². The standard InChI is InChI=1S/C12H14O5/c1-15-11(14)12(16-2,17-3)10(13)9-7-5-4-6-8-9/h4-8H,1-3H3. The van der Waals surface area contributed by atoms with Crippen LogP contribution in [0, 0.1) is 0 Å². The van der Waals surface area contributed by atoms with Crippen LogP contribution in [0.4, 0.5) is 0 Å². The minimum Gasteiger partial charge on any atom is -0.465 e. The Morgan fingerprint density at radius 1 is 1.00 bits per heavy atom. The van der Waals surface area contributed by atoms with Crippen LogP contribution in [0.3, 0.4) is 0 Å². The van der Waals surface area contributed by atoms with Gasteiger partial charge < -0.3 is 14.2 Å². The molecule has 0 unspecified atom stereocenters. The molecule has 92 valence electrons. The third-order valence-corrected chi connectivity index (χ3v) is 2.36. The normalized spacial score (nSPS) is 11.0. The predicted octanol–water partition coefficient (Wildman–Crippen LogP) is 1.03. The molecule has 0 spiro atoms. The lowest BCUT2D eigenvalue weighted by molar-refractivity contribution is -0.206. The van der Waals surface area contributed by atoms with Gasteiger partial charge >= 0.3 is 11.8 Å². The highest BCUT2D eigenvalue weighted by molar-refractivity contribution is 6.14.